The average molecular weight is 338 g/mol. The maximum absolute atomic E-state index is 9.21. The summed E-state index contributed by atoms with van der Waals surface area (Å²) < 4.78 is 11.4. The zero-order chi connectivity index (χ0) is 18.1. The first-order valence-electron chi connectivity index (χ1n) is 8.73. The summed E-state index contributed by atoms with van der Waals surface area (Å²) in [4.78, 5) is 0. The molecule has 0 radical (unpaired) electrons. The first-order valence-corrected chi connectivity index (χ1v) is 8.73. The van der Waals surface area contributed by atoms with Crippen LogP contribution in [0.2, 0.25) is 0 Å². The number of benzene rings is 1. The molecular formula is C20H34O4. The molecule has 0 aliphatic rings. The summed E-state index contributed by atoms with van der Waals surface area (Å²) in [6.45, 7) is 11.0. The van der Waals surface area contributed by atoms with Crippen molar-refractivity contribution in [1.82, 2.24) is 0 Å². The van der Waals surface area contributed by atoms with E-state index >= 15 is 0 Å². The molecule has 24 heavy (non-hydrogen) atoms. The minimum atomic E-state index is -0.0776. The fraction of sp³-hybridized carbons (Fsp3) is 0.700. The fourth-order valence-corrected chi connectivity index (χ4v) is 1.97. The molecule has 1 aromatic carbocycles. The van der Waals surface area contributed by atoms with Crippen molar-refractivity contribution in [2.45, 2.75) is 53.8 Å². The van der Waals surface area contributed by atoms with Crippen LogP contribution in [0, 0.1) is 10.8 Å². The molecule has 2 N–H and O–H groups in total. The molecule has 0 unspecified atom stereocenters. The smallest absolute Gasteiger partial charge is 0.0716 e. The molecular weight excluding hydrogens is 304 g/mol. The van der Waals surface area contributed by atoms with Crippen LogP contribution in [0.4, 0.5) is 0 Å². The van der Waals surface area contributed by atoms with Gasteiger partial charge in [0.25, 0.3) is 0 Å². The lowest BCUT2D eigenvalue weighted by Gasteiger charge is -2.21. The molecule has 0 aromatic heterocycles. The monoisotopic (exact) mass is 338 g/mol. The van der Waals surface area contributed by atoms with Gasteiger partial charge < -0.3 is 19.7 Å². The highest BCUT2D eigenvalue weighted by molar-refractivity contribution is 5.21. The quantitative estimate of drug-likeness (QED) is 0.572. The standard InChI is InChI=1S/C20H34O4/c1-19(2,15-21)9-11-23-13-17-5-7-18(8-6-17)14-24-12-10-20(3,4)16-22/h5-8,21-22H,9-16H2,1-4H3. The maximum Gasteiger partial charge on any atom is 0.0716 e. The van der Waals surface area contributed by atoms with Crippen LogP contribution in [-0.2, 0) is 22.7 Å². The summed E-state index contributed by atoms with van der Waals surface area (Å²) in [7, 11) is 0. The van der Waals surface area contributed by atoms with Gasteiger partial charge in [0.15, 0.2) is 0 Å². The van der Waals surface area contributed by atoms with Crippen molar-refractivity contribution in [3.05, 3.63) is 35.4 Å². The minimum absolute atomic E-state index is 0.0776. The SMILES string of the molecule is CC(C)(CO)CCOCc1ccc(COCCC(C)(C)CO)cc1. The summed E-state index contributed by atoms with van der Waals surface area (Å²) in [5.41, 5.74) is 2.13. The van der Waals surface area contributed by atoms with Gasteiger partial charge >= 0.3 is 0 Å². The summed E-state index contributed by atoms with van der Waals surface area (Å²) in [6, 6.07) is 8.25. The van der Waals surface area contributed by atoms with Crippen LogP contribution in [0.3, 0.4) is 0 Å². The van der Waals surface area contributed by atoms with E-state index in [1.807, 2.05) is 27.7 Å². The lowest BCUT2D eigenvalue weighted by molar-refractivity contribution is 0.0668. The second-order valence-corrected chi connectivity index (χ2v) is 8.07. The van der Waals surface area contributed by atoms with Gasteiger partial charge in [0.1, 0.15) is 0 Å². The predicted octanol–water partition coefficient (Wildman–Crippen LogP) is 3.54. The second-order valence-electron chi connectivity index (χ2n) is 8.07. The van der Waals surface area contributed by atoms with Gasteiger partial charge in [0.05, 0.1) is 13.2 Å². The molecule has 138 valence electrons. The van der Waals surface area contributed by atoms with E-state index in [0.29, 0.717) is 26.4 Å². The van der Waals surface area contributed by atoms with Crippen molar-refractivity contribution in [3.63, 3.8) is 0 Å². The number of ether oxygens (including phenoxy) is 2. The molecule has 0 spiro atoms. The Balaban J connectivity index is 2.23. The van der Waals surface area contributed by atoms with Crippen LogP contribution >= 0.6 is 0 Å². The van der Waals surface area contributed by atoms with Crippen molar-refractivity contribution in [2.75, 3.05) is 26.4 Å². The zero-order valence-corrected chi connectivity index (χ0v) is 15.7. The fourth-order valence-electron chi connectivity index (χ4n) is 1.97. The maximum atomic E-state index is 9.21. The van der Waals surface area contributed by atoms with Crippen molar-refractivity contribution < 1.29 is 19.7 Å². The Morgan fingerprint density at radius 2 is 1.04 bits per heavy atom. The zero-order valence-electron chi connectivity index (χ0n) is 15.7. The van der Waals surface area contributed by atoms with Gasteiger partial charge in [0, 0.05) is 26.4 Å². The molecule has 4 heteroatoms. The molecule has 4 nitrogen and oxygen atoms in total. The summed E-state index contributed by atoms with van der Waals surface area (Å²) >= 11 is 0. The van der Waals surface area contributed by atoms with Gasteiger partial charge in [-0.1, -0.05) is 52.0 Å². The van der Waals surface area contributed by atoms with Gasteiger partial charge in [-0.05, 0) is 34.8 Å². The Kier molecular flexibility index (Phi) is 8.92. The van der Waals surface area contributed by atoms with Crippen LogP contribution in [0.15, 0.2) is 24.3 Å². The topological polar surface area (TPSA) is 58.9 Å². The van der Waals surface area contributed by atoms with Gasteiger partial charge in [-0.15, -0.1) is 0 Å². The number of aliphatic hydroxyl groups excluding tert-OH is 2. The van der Waals surface area contributed by atoms with Gasteiger partial charge in [-0.2, -0.15) is 0 Å². The molecule has 0 atom stereocenters. The number of hydrogen-bond donors (Lipinski definition) is 2. The number of rotatable bonds is 12. The van der Waals surface area contributed by atoms with Crippen molar-refractivity contribution >= 4 is 0 Å². The molecule has 1 aromatic rings. The minimum Gasteiger partial charge on any atom is -0.396 e. The predicted molar refractivity (Wildman–Crippen MR) is 96.7 cm³/mol. The molecule has 1 rings (SSSR count). The van der Waals surface area contributed by atoms with Crippen molar-refractivity contribution in [1.29, 1.82) is 0 Å². The Labute approximate surface area is 146 Å². The van der Waals surface area contributed by atoms with E-state index in [2.05, 4.69) is 24.3 Å². The van der Waals surface area contributed by atoms with Crippen LogP contribution in [0.1, 0.15) is 51.7 Å². The third-order valence-electron chi connectivity index (χ3n) is 4.26. The highest BCUT2D eigenvalue weighted by Crippen LogP contribution is 2.20. The molecule has 0 aliphatic heterocycles. The molecule has 0 heterocycles. The van der Waals surface area contributed by atoms with Crippen molar-refractivity contribution in [3.8, 4) is 0 Å². The summed E-state index contributed by atoms with van der Waals surface area (Å²) in [5.74, 6) is 0. The van der Waals surface area contributed by atoms with Crippen LogP contribution in [0.5, 0.6) is 0 Å². The lowest BCUT2D eigenvalue weighted by Crippen LogP contribution is -2.19. The molecule has 0 fully saturated rings. The lowest BCUT2D eigenvalue weighted by atomic mass is 9.91. The number of hydrogen-bond acceptors (Lipinski definition) is 4. The van der Waals surface area contributed by atoms with Crippen LogP contribution < -0.4 is 0 Å². The molecule has 0 amide bonds. The van der Waals surface area contributed by atoms with Gasteiger partial charge in [-0.25, -0.2) is 0 Å². The Hall–Kier alpha value is -0.940. The average Bonchev–Trinajstić information content (AvgIpc) is 2.57. The van der Waals surface area contributed by atoms with Crippen LogP contribution in [-0.4, -0.2) is 36.6 Å². The van der Waals surface area contributed by atoms with E-state index in [4.69, 9.17) is 9.47 Å². The molecule has 0 aliphatic carbocycles. The van der Waals surface area contributed by atoms with E-state index in [9.17, 15) is 10.2 Å². The largest absolute Gasteiger partial charge is 0.396 e. The third kappa shape index (κ3) is 8.78. The summed E-state index contributed by atoms with van der Waals surface area (Å²) in [6.07, 6.45) is 1.69. The van der Waals surface area contributed by atoms with E-state index < -0.39 is 0 Å². The number of aliphatic hydroxyl groups is 2. The van der Waals surface area contributed by atoms with Crippen molar-refractivity contribution in [2.24, 2.45) is 10.8 Å². The summed E-state index contributed by atoms with van der Waals surface area (Å²) in [5, 5.41) is 18.4. The van der Waals surface area contributed by atoms with E-state index in [1.54, 1.807) is 0 Å². The Bertz CT molecular complexity index is 408. The highest BCUT2D eigenvalue weighted by atomic mass is 16.5. The van der Waals surface area contributed by atoms with E-state index in [0.717, 1.165) is 24.0 Å². The molecule has 0 bridgehead atoms. The van der Waals surface area contributed by atoms with Crippen LogP contribution in [0.25, 0.3) is 0 Å². The molecule has 0 saturated heterocycles. The van der Waals surface area contributed by atoms with E-state index in [-0.39, 0.29) is 24.0 Å². The Morgan fingerprint density at radius 3 is 1.33 bits per heavy atom. The second kappa shape index (κ2) is 10.1. The van der Waals surface area contributed by atoms with Gasteiger partial charge in [0.2, 0.25) is 0 Å². The molecule has 0 saturated carbocycles. The highest BCUT2D eigenvalue weighted by Gasteiger charge is 2.16. The van der Waals surface area contributed by atoms with E-state index in [1.165, 1.54) is 0 Å². The first kappa shape index (κ1) is 21.1. The third-order valence-corrected chi connectivity index (χ3v) is 4.26. The van der Waals surface area contributed by atoms with Gasteiger partial charge in [-0.3, -0.25) is 0 Å². The Morgan fingerprint density at radius 1 is 0.708 bits per heavy atom. The normalized spacial score (nSPS) is 12.6. The first-order chi connectivity index (χ1) is 11.3.